The molecular formula is C17H21NO3S2. The maximum Gasteiger partial charge on any atom is 0.265 e. The average Bonchev–Trinajstić information content (AvgIpc) is 2.54. The van der Waals surface area contributed by atoms with E-state index in [2.05, 4.69) is 4.72 Å². The number of thioether (sulfide) groups is 1. The average molecular weight is 351 g/mol. The Hall–Kier alpha value is -1.66. The highest BCUT2D eigenvalue weighted by Gasteiger charge is 2.21. The van der Waals surface area contributed by atoms with Gasteiger partial charge in [-0.2, -0.15) is 0 Å². The Kier molecular flexibility index (Phi) is 5.59. The molecule has 0 aliphatic carbocycles. The second-order valence-electron chi connectivity index (χ2n) is 5.37. The molecule has 0 aromatic heterocycles. The first-order valence-electron chi connectivity index (χ1n) is 7.23. The van der Waals surface area contributed by atoms with Gasteiger partial charge in [-0.1, -0.05) is 32.0 Å². The van der Waals surface area contributed by atoms with Gasteiger partial charge in [0.25, 0.3) is 10.0 Å². The van der Waals surface area contributed by atoms with Crippen LogP contribution in [0.1, 0.15) is 25.3 Å². The second-order valence-corrected chi connectivity index (χ2v) is 7.87. The van der Waals surface area contributed by atoms with Gasteiger partial charge >= 0.3 is 0 Å². The predicted octanol–water partition coefficient (Wildman–Crippen LogP) is 4.34. The van der Waals surface area contributed by atoms with E-state index in [0.29, 0.717) is 11.4 Å². The number of nitrogens with one attached hydrogen (secondary N) is 1. The molecule has 0 unspecified atom stereocenters. The number of rotatable bonds is 6. The maximum absolute atomic E-state index is 12.8. The number of hydrogen-bond donors (Lipinski definition) is 1. The largest absolute Gasteiger partial charge is 0.495 e. The topological polar surface area (TPSA) is 55.4 Å². The van der Waals surface area contributed by atoms with Gasteiger partial charge in [0.2, 0.25) is 0 Å². The number of anilines is 1. The first-order chi connectivity index (χ1) is 10.9. The monoisotopic (exact) mass is 351 g/mol. The van der Waals surface area contributed by atoms with Crippen molar-refractivity contribution < 1.29 is 13.2 Å². The standard InChI is InChI=1S/C17H21NO3S2/c1-12(2)13-9-10-15(21-3)17(11-13)23(19,20)18-14-7-5-6-8-16(14)22-4/h5-12,18H,1-4H3. The minimum Gasteiger partial charge on any atom is -0.495 e. The van der Waals surface area contributed by atoms with Crippen molar-refractivity contribution in [3.05, 3.63) is 48.0 Å². The van der Waals surface area contributed by atoms with Gasteiger partial charge in [-0.25, -0.2) is 8.42 Å². The Balaban J connectivity index is 2.48. The van der Waals surface area contributed by atoms with E-state index < -0.39 is 10.0 Å². The fraction of sp³-hybridized carbons (Fsp3) is 0.294. The van der Waals surface area contributed by atoms with Crippen molar-refractivity contribution in [1.82, 2.24) is 0 Å². The van der Waals surface area contributed by atoms with Crippen LogP contribution in [0.5, 0.6) is 5.75 Å². The molecule has 0 saturated carbocycles. The zero-order valence-electron chi connectivity index (χ0n) is 13.7. The molecule has 0 aliphatic rings. The molecule has 124 valence electrons. The van der Waals surface area contributed by atoms with Crippen molar-refractivity contribution in [2.45, 2.75) is 29.6 Å². The maximum atomic E-state index is 12.8. The SMILES string of the molecule is COc1ccc(C(C)C)cc1S(=O)(=O)Nc1ccccc1SC. The number of ether oxygens (including phenoxy) is 1. The van der Waals surface area contributed by atoms with Crippen molar-refractivity contribution in [1.29, 1.82) is 0 Å². The number of hydrogen-bond acceptors (Lipinski definition) is 4. The lowest BCUT2D eigenvalue weighted by Gasteiger charge is -2.15. The summed E-state index contributed by atoms with van der Waals surface area (Å²) in [7, 11) is -2.26. The van der Waals surface area contributed by atoms with Gasteiger partial charge in [-0.05, 0) is 42.0 Å². The van der Waals surface area contributed by atoms with Gasteiger partial charge in [0.1, 0.15) is 10.6 Å². The van der Waals surface area contributed by atoms with E-state index in [0.717, 1.165) is 10.5 Å². The first kappa shape index (κ1) is 17.7. The molecule has 2 rings (SSSR count). The molecule has 4 nitrogen and oxygen atoms in total. The van der Waals surface area contributed by atoms with Crippen LogP contribution in [0, 0.1) is 0 Å². The Morgan fingerprint density at radius 2 is 1.83 bits per heavy atom. The number of para-hydroxylation sites is 1. The molecule has 0 heterocycles. The zero-order chi connectivity index (χ0) is 17.0. The molecule has 1 N–H and O–H groups in total. The fourth-order valence-electron chi connectivity index (χ4n) is 2.19. The van der Waals surface area contributed by atoms with E-state index in [1.807, 2.05) is 38.3 Å². The summed E-state index contributed by atoms with van der Waals surface area (Å²) in [6, 6.07) is 12.6. The number of methoxy groups -OCH3 is 1. The van der Waals surface area contributed by atoms with E-state index >= 15 is 0 Å². The third kappa shape index (κ3) is 4.00. The Morgan fingerprint density at radius 1 is 1.13 bits per heavy atom. The molecule has 0 radical (unpaired) electrons. The third-order valence-electron chi connectivity index (χ3n) is 3.50. The molecule has 2 aromatic rings. The van der Waals surface area contributed by atoms with E-state index in [9.17, 15) is 8.42 Å². The van der Waals surface area contributed by atoms with Crippen LogP contribution >= 0.6 is 11.8 Å². The van der Waals surface area contributed by atoms with Crippen LogP contribution in [0.15, 0.2) is 52.3 Å². The number of sulfonamides is 1. The van der Waals surface area contributed by atoms with Gasteiger partial charge in [-0.3, -0.25) is 4.72 Å². The number of benzene rings is 2. The highest BCUT2D eigenvalue weighted by molar-refractivity contribution is 7.99. The quantitative estimate of drug-likeness (QED) is 0.787. The summed E-state index contributed by atoms with van der Waals surface area (Å²) in [5.74, 6) is 0.567. The van der Waals surface area contributed by atoms with Gasteiger partial charge < -0.3 is 4.74 Å². The van der Waals surface area contributed by atoms with E-state index in [1.165, 1.54) is 18.9 Å². The summed E-state index contributed by atoms with van der Waals surface area (Å²) in [5, 5.41) is 0. The van der Waals surface area contributed by atoms with E-state index in [1.54, 1.807) is 24.3 Å². The summed E-state index contributed by atoms with van der Waals surface area (Å²) in [5.41, 5.74) is 1.52. The molecule has 0 spiro atoms. The van der Waals surface area contributed by atoms with Crippen LogP contribution in [0.25, 0.3) is 0 Å². The molecular weight excluding hydrogens is 330 g/mol. The third-order valence-corrected chi connectivity index (χ3v) is 5.68. The van der Waals surface area contributed by atoms with Crippen LogP contribution in [-0.4, -0.2) is 21.8 Å². The summed E-state index contributed by atoms with van der Waals surface area (Å²) >= 11 is 1.49. The molecule has 0 amide bonds. The lowest BCUT2D eigenvalue weighted by atomic mass is 10.0. The highest BCUT2D eigenvalue weighted by atomic mass is 32.2. The highest BCUT2D eigenvalue weighted by Crippen LogP contribution is 2.32. The van der Waals surface area contributed by atoms with Gasteiger partial charge in [0.05, 0.1) is 12.8 Å². The smallest absolute Gasteiger partial charge is 0.265 e. The second kappa shape index (κ2) is 7.27. The predicted molar refractivity (Wildman–Crippen MR) is 96.1 cm³/mol. The molecule has 0 bridgehead atoms. The summed E-state index contributed by atoms with van der Waals surface area (Å²) in [6.07, 6.45) is 1.91. The van der Waals surface area contributed by atoms with Crippen molar-refractivity contribution >= 4 is 27.5 Å². The van der Waals surface area contributed by atoms with Gasteiger partial charge in [0.15, 0.2) is 0 Å². The van der Waals surface area contributed by atoms with Gasteiger partial charge in [-0.15, -0.1) is 11.8 Å². The van der Waals surface area contributed by atoms with Crippen LogP contribution in [0.2, 0.25) is 0 Å². The van der Waals surface area contributed by atoms with E-state index in [4.69, 9.17) is 4.74 Å². The lowest BCUT2D eigenvalue weighted by Crippen LogP contribution is -2.15. The summed E-state index contributed by atoms with van der Waals surface area (Å²) in [6.45, 7) is 4.04. The van der Waals surface area contributed by atoms with Crippen LogP contribution in [-0.2, 0) is 10.0 Å². The molecule has 6 heteroatoms. The Labute approximate surface area is 142 Å². The molecule has 0 fully saturated rings. The minimum atomic E-state index is -3.73. The summed E-state index contributed by atoms with van der Waals surface area (Å²) in [4.78, 5) is 1.03. The Bertz CT molecular complexity index is 786. The van der Waals surface area contributed by atoms with Crippen molar-refractivity contribution in [3.63, 3.8) is 0 Å². The zero-order valence-corrected chi connectivity index (χ0v) is 15.3. The molecule has 0 atom stereocenters. The first-order valence-corrected chi connectivity index (χ1v) is 9.93. The van der Waals surface area contributed by atoms with E-state index in [-0.39, 0.29) is 10.8 Å². The van der Waals surface area contributed by atoms with Crippen molar-refractivity contribution in [2.24, 2.45) is 0 Å². The molecule has 23 heavy (non-hydrogen) atoms. The summed E-state index contributed by atoms with van der Waals surface area (Å²) < 4.78 is 33.6. The molecule has 0 aliphatic heterocycles. The fourth-order valence-corrected chi connectivity index (χ4v) is 4.09. The van der Waals surface area contributed by atoms with Gasteiger partial charge in [0, 0.05) is 4.90 Å². The Morgan fingerprint density at radius 3 is 2.43 bits per heavy atom. The molecule has 2 aromatic carbocycles. The van der Waals surface area contributed by atoms with Crippen LogP contribution in [0.4, 0.5) is 5.69 Å². The normalized spacial score (nSPS) is 11.5. The van der Waals surface area contributed by atoms with Crippen molar-refractivity contribution in [3.8, 4) is 5.75 Å². The van der Waals surface area contributed by atoms with Crippen LogP contribution in [0.3, 0.4) is 0 Å². The minimum absolute atomic E-state index is 0.155. The molecule has 0 saturated heterocycles. The van der Waals surface area contributed by atoms with Crippen LogP contribution < -0.4 is 9.46 Å². The van der Waals surface area contributed by atoms with Crippen molar-refractivity contribution in [2.75, 3.05) is 18.1 Å². The lowest BCUT2D eigenvalue weighted by molar-refractivity contribution is 0.402.